The molecule has 18 atom stereocenters. The van der Waals surface area contributed by atoms with Gasteiger partial charge in [-0.1, -0.05) is 75.9 Å². The summed E-state index contributed by atoms with van der Waals surface area (Å²) >= 11 is 0. The Bertz CT molecular complexity index is 2130. The molecule has 5 heterocycles. The lowest BCUT2D eigenvalue weighted by Gasteiger charge is -2.49. The first-order chi connectivity index (χ1) is 35.0. The molecule has 418 valence electrons. The van der Waals surface area contributed by atoms with E-state index in [0.717, 1.165) is 61.9 Å². The maximum atomic E-state index is 14.4. The predicted octanol–water partition coefficient (Wildman–Crippen LogP) is 4.87. The van der Waals surface area contributed by atoms with Crippen LogP contribution in [0, 0.1) is 23.7 Å². The summed E-state index contributed by atoms with van der Waals surface area (Å²) in [4.78, 5) is 42.0. The first-order valence-corrected chi connectivity index (χ1v) is 26.9. The van der Waals surface area contributed by atoms with E-state index in [4.69, 9.17) is 38.4 Å². The molecule has 4 saturated heterocycles. The number of ether oxygens (including phenoxy) is 7. The number of hydrogen-bond donors (Lipinski definition) is 6. The van der Waals surface area contributed by atoms with Crippen LogP contribution in [0.15, 0.2) is 30.5 Å². The summed E-state index contributed by atoms with van der Waals surface area (Å²) in [5, 5.41) is 64.2. The molecule has 4 aliphatic heterocycles. The lowest BCUT2D eigenvalue weighted by molar-refractivity contribution is -0.317. The number of nitrogens with zero attached hydrogens (tertiary/aromatic N) is 4. The van der Waals surface area contributed by atoms with Crippen molar-refractivity contribution >= 4 is 17.7 Å². The number of esters is 1. The molecule has 6 rings (SSSR count). The summed E-state index contributed by atoms with van der Waals surface area (Å²) in [5.74, 6) is -4.93. The van der Waals surface area contributed by atoms with Gasteiger partial charge in [0, 0.05) is 62.4 Å². The fourth-order valence-corrected chi connectivity index (χ4v) is 11.7. The van der Waals surface area contributed by atoms with Crippen LogP contribution in [0.25, 0.3) is 11.3 Å². The van der Waals surface area contributed by atoms with E-state index in [-0.39, 0.29) is 43.7 Å². The summed E-state index contributed by atoms with van der Waals surface area (Å²) in [7, 11) is 3.45. The van der Waals surface area contributed by atoms with Crippen LogP contribution in [-0.4, -0.2) is 168 Å². The number of ketones is 1. The molecule has 2 aromatic rings. The number of carbonyl (C=O) groups excluding carboxylic acids is 3. The molecular weight excluding hydrogens is 959 g/mol. The Morgan fingerprint density at radius 3 is 2.26 bits per heavy atom. The number of cyclic esters (lactones) is 1. The predicted molar refractivity (Wildman–Crippen MR) is 270 cm³/mol. The fraction of sp³-hybridized carbons (Fsp3) is 0.796. The van der Waals surface area contributed by atoms with Crippen molar-refractivity contribution in [2.24, 2.45) is 23.7 Å². The van der Waals surface area contributed by atoms with Crippen molar-refractivity contribution in [3.8, 4) is 11.3 Å². The van der Waals surface area contributed by atoms with E-state index in [1.807, 2.05) is 63.0 Å². The largest absolute Gasteiger partial charge is 0.459 e. The molecule has 4 fully saturated rings. The third-order valence-corrected chi connectivity index (χ3v) is 16.6. The van der Waals surface area contributed by atoms with Gasteiger partial charge in [0.1, 0.15) is 35.4 Å². The molecule has 74 heavy (non-hydrogen) atoms. The van der Waals surface area contributed by atoms with Gasteiger partial charge in [-0.25, -0.2) is 5.48 Å². The van der Waals surface area contributed by atoms with Gasteiger partial charge in [-0.15, -0.1) is 5.10 Å². The number of benzene rings is 1. The van der Waals surface area contributed by atoms with Crippen molar-refractivity contribution in [1.82, 2.24) is 25.4 Å². The van der Waals surface area contributed by atoms with Crippen LogP contribution in [0.1, 0.15) is 139 Å². The number of methoxy groups -OCH3 is 1. The second-order valence-corrected chi connectivity index (χ2v) is 22.5. The molecule has 2 bridgehead atoms. The zero-order chi connectivity index (χ0) is 54.3. The van der Waals surface area contributed by atoms with Gasteiger partial charge in [0.25, 0.3) is 0 Å². The van der Waals surface area contributed by atoms with Gasteiger partial charge in [-0.2, -0.15) is 0 Å². The Labute approximate surface area is 437 Å². The van der Waals surface area contributed by atoms with Crippen LogP contribution < -0.4 is 5.48 Å². The van der Waals surface area contributed by atoms with Gasteiger partial charge in [0.05, 0.1) is 60.4 Å². The molecule has 0 saturated carbocycles. The Morgan fingerprint density at radius 2 is 1.59 bits per heavy atom. The molecule has 0 spiro atoms. The van der Waals surface area contributed by atoms with Gasteiger partial charge in [0.15, 0.2) is 12.6 Å². The SMILES string of the molecule is CC[C@H]1OC(=O)[C@H](C)[C@@H](O[C@H]2C[C@@](C)(OC)[C@@H](O)[C@H](C)O2)[C@H](C)[C@@H](O[C@@H]2O[C@H](C)C[C@H](N(C)Cc3ccc(-c4cn(CCCCCCCCC(=O)NO)nn4)cc3)[C@H]2O)[C@@]2(C)C[C@@H](CO2)C(=O)[C@H](C)[C@@H](O)[C@]1(C)O. The van der Waals surface area contributed by atoms with Gasteiger partial charge < -0.3 is 53.6 Å². The number of aliphatic hydroxyl groups excluding tert-OH is 3. The second-order valence-electron chi connectivity index (χ2n) is 22.5. The lowest BCUT2D eigenvalue weighted by atomic mass is 9.75. The molecule has 20 heteroatoms. The highest BCUT2D eigenvalue weighted by molar-refractivity contribution is 5.84. The quantitative estimate of drug-likeness (QED) is 0.0475. The summed E-state index contributed by atoms with van der Waals surface area (Å²) in [6, 6.07) is 7.67. The summed E-state index contributed by atoms with van der Waals surface area (Å²) in [5.41, 5.74) is 0.0873. The highest BCUT2D eigenvalue weighted by Crippen LogP contribution is 2.45. The van der Waals surface area contributed by atoms with Gasteiger partial charge in [-0.05, 0) is 86.3 Å². The second kappa shape index (κ2) is 25.8. The monoisotopic (exact) mass is 1050 g/mol. The molecule has 20 nitrogen and oxygen atoms in total. The van der Waals surface area contributed by atoms with Crippen molar-refractivity contribution in [2.75, 3.05) is 20.8 Å². The van der Waals surface area contributed by atoms with Crippen LogP contribution in [0.3, 0.4) is 0 Å². The van der Waals surface area contributed by atoms with Gasteiger partial charge >= 0.3 is 5.97 Å². The number of Topliss-reactive ketones (excluding diaryl/α,β-unsaturated/α-hetero) is 1. The number of aryl methyl sites for hydroxylation is 1. The third kappa shape index (κ3) is 14.0. The summed E-state index contributed by atoms with van der Waals surface area (Å²) < 4.78 is 46.9. The molecule has 0 unspecified atom stereocenters. The molecule has 0 aliphatic carbocycles. The summed E-state index contributed by atoms with van der Waals surface area (Å²) in [6.45, 7) is 16.6. The minimum atomic E-state index is -1.99. The van der Waals surface area contributed by atoms with E-state index in [1.165, 1.54) is 14.0 Å². The maximum Gasteiger partial charge on any atom is 0.311 e. The Kier molecular flexibility index (Phi) is 20.8. The van der Waals surface area contributed by atoms with E-state index >= 15 is 0 Å². The number of rotatable bonds is 19. The Morgan fingerprint density at radius 1 is 0.919 bits per heavy atom. The normalized spacial score (nSPS) is 38.4. The van der Waals surface area contributed by atoms with Crippen LogP contribution >= 0.6 is 0 Å². The van der Waals surface area contributed by atoms with E-state index in [9.17, 15) is 34.8 Å². The topological polar surface area (TPSA) is 263 Å². The maximum absolute atomic E-state index is 14.4. The smallest absolute Gasteiger partial charge is 0.311 e. The van der Waals surface area contributed by atoms with Crippen LogP contribution in [0.5, 0.6) is 0 Å². The number of carbonyl (C=O) groups is 3. The van der Waals surface area contributed by atoms with E-state index in [0.29, 0.717) is 19.4 Å². The first kappa shape index (κ1) is 59.7. The number of fused-ring (bicyclic) bond motifs is 2. The van der Waals surface area contributed by atoms with Crippen molar-refractivity contribution < 1.29 is 73.2 Å². The Balaban J connectivity index is 1.20. The van der Waals surface area contributed by atoms with Gasteiger partial charge in [0.2, 0.25) is 5.91 Å². The molecule has 6 N–H and O–H groups in total. The van der Waals surface area contributed by atoms with Gasteiger partial charge in [-0.3, -0.25) is 29.2 Å². The zero-order valence-electron chi connectivity index (χ0n) is 45.6. The Hall–Kier alpha value is -3.51. The van der Waals surface area contributed by atoms with Crippen LogP contribution in [-0.2, 0) is 60.6 Å². The van der Waals surface area contributed by atoms with Crippen LogP contribution in [0.2, 0.25) is 0 Å². The van der Waals surface area contributed by atoms with E-state index < -0.39 is 108 Å². The van der Waals surface area contributed by atoms with Crippen molar-refractivity contribution in [1.29, 1.82) is 0 Å². The standard InChI is InChI=1S/C54H87N5O15/c1-12-41-54(9,66)47(63)32(3)44(61)38-26-53(8,69-30-38)49(33(4)46(34(5)50(65)72-41)73-43-27-52(7,68-11)48(64)35(6)71-43)74-51-45(62)40(25-31(2)70-51)58(10)28-36-20-22-37(23-21-36)39-29-59(57-55-39)24-18-16-14-13-15-17-19-42(60)56-67/h20-23,29,31-35,38,40-41,43,45-49,51,62-64,66-67H,12-19,24-28,30H2,1-11H3,(H,56,60)/t31-,32+,33+,34-,35+,38+,40+,41-,43+,45-,46+,47-,48+,49-,51+,52-,53-,54-/m1/s1. The molecule has 1 amide bonds. The molecule has 0 radical (unpaired) electrons. The molecular formula is C54H87N5O15. The minimum absolute atomic E-state index is 0.00578. The number of hydrogen-bond acceptors (Lipinski definition) is 18. The van der Waals surface area contributed by atoms with Crippen molar-refractivity contribution in [3.63, 3.8) is 0 Å². The highest BCUT2D eigenvalue weighted by atomic mass is 16.7. The number of amides is 1. The minimum Gasteiger partial charge on any atom is -0.459 e. The van der Waals surface area contributed by atoms with E-state index in [2.05, 4.69) is 15.2 Å². The number of unbranched alkanes of at least 4 members (excludes halogenated alkanes) is 5. The van der Waals surface area contributed by atoms with Crippen LogP contribution in [0.4, 0.5) is 0 Å². The van der Waals surface area contributed by atoms with Crippen molar-refractivity contribution in [2.45, 2.75) is 230 Å². The summed E-state index contributed by atoms with van der Waals surface area (Å²) in [6.07, 6.45) is -1.24. The fourth-order valence-electron chi connectivity index (χ4n) is 11.7. The number of aromatic nitrogens is 3. The molecule has 1 aromatic carbocycles. The number of likely N-dealkylation sites (N-methyl/N-ethyl adjacent to an activating group) is 1. The average Bonchev–Trinajstić information content (AvgIpc) is 4.03. The average molecular weight is 1050 g/mol. The van der Waals surface area contributed by atoms with E-state index in [1.54, 1.807) is 40.1 Å². The number of hydroxylamine groups is 1. The highest BCUT2D eigenvalue weighted by Gasteiger charge is 2.56. The molecule has 4 aliphatic rings. The lowest BCUT2D eigenvalue weighted by Crippen LogP contribution is -2.61. The third-order valence-electron chi connectivity index (χ3n) is 16.6. The zero-order valence-corrected chi connectivity index (χ0v) is 45.6. The number of nitrogens with one attached hydrogen (secondary N) is 1. The number of aliphatic hydroxyl groups is 4. The first-order valence-electron chi connectivity index (χ1n) is 26.9. The van der Waals surface area contributed by atoms with Crippen molar-refractivity contribution in [3.05, 3.63) is 36.0 Å². The molecule has 1 aromatic heterocycles.